The molecule has 0 radical (unpaired) electrons. The monoisotopic (exact) mass is 336 g/mol. The van der Waals surface area contributed by atoms with E-state index in [1.54, 1.807) is 0 Å². The van der Waals surface area contributed by atoms with Crippen LogP contribution in [0.3, 0.4) is 0 Å². The number of hydrogen-bond donors (Lipinski definition) is 0. The summed E-state index contributed by atoms with van der Waals surface area (Å²) in [6.07, 6.45) is 6.35. The van der Waals surface area contributed by atoms with E-state index in [0.29, 0.717) is 11.5 Å². The largest absolute Gasteiger partial charge is 0.451 e. The van der Waals surface area contributed by atoms with Gasteiger partial charge in [-0.05, 0) is 61.3 Å². The van der Waals surface area contributed by atoms with E-state index in [2.05, 4.69) is 38.1 Å². The van der Waals surface area contributed by atoms with Gasteiger partial charge in [0.2, 0.25) is 0 Å². The van der Waals surface area contributed by atoms with Crippen LogP contribution in [0.4, 0.5) is 0 Å². The summed E-state index contributed by atoms with van der Waals surface area (Å²) >= 11 is 0. The topological polar surface area (TPSA) is 26.3 Å². The zero-order valence-electron chi connectivity index (χ0n) is 15.3. The molecule has 0 heterocycles. The van der Waals surface area contributed by atoms with Crippen molar-refractivity contribution in [1.29, 1.82) is 0 Å². The summed E-state index contributed by atoms with van der Waals surface area (Å²) in [4.78, 5) is 12.8. The van der Waals surface area contributed by atoms with E-state index in [1.165, 1.54) is 12.0 Å². The highest BCUT2D eigenvalue weighted by atomic mass is 16.6. The lowest BCUT2D eigenvalue weighted by atomic mass is 9.79. The summed E-state index contributed by atoms with van der Waals surface area (Å²) in [5.41, 5.74) is 2.58. The average Bonchev–Trinajstić information content (AvgIpc) is 2.69. The Hall–Kier alpha value is -2.09. The van der Waals surface area contributed by atoms with Crippen molar-refractivity contribution in [2.75, 3.05) is 0 Å². The quantitative estimate of drug-likeness (QED) is 0.606. The minimum atomic E-state index is -0.466. The van der Waals surface area contributed by atoms with Gasteiger partial charge in [0.25, 0.3) is 0 Å². The lowest BCUT2D eigenvalue weighted by molar-refractivity contribution is -0.0416. The van der Waals surface area contributed by atoms with Gasteiger partial charge in [0.05, 0.1) is 5.56 Å². The van der Waals surface area contributed by atoms with Gasteiger partial charge in [-0.15, -0.1) is 0 Å². The minimum absolute atomic E-state index is 0.207. The Bertz CT molecular complexity index is 682. The zero-order chi connectivity index (χ0) is 17.7. The number of benzene rings is 2. The predicted molar refractivity (Wildman–Crippen MR) is 102 cm³/mol. The third kappa shape index (κ3) is 3.95. The Morgan fingerprint density at radius 2 is 1.64 bits per heavy atom. The lowest BCUT2D eigenvalue weighted by Crippen LogP contribution is -2.34. The summed E-state index contributed by atoms with van der Waals surface area (Å²) in [6.45, 7) is 4.39. The summed E-state index contributed by atoms with van der Waals surface area (Å²) in [5, 5.41) is 0. The molecule has 132 valence electrons. The third-order valence-electron chi connectivity index (χ3n) is 5.58. The van der Waals surface area contributed by atoms with E-state index in [1.807, 2.05) is 30.3 Å². The van der Waals surface area contributed by atoms with Crippen LogP contribution < -0.4 is 0 Å². The molecular formula is C23H28O2. The van der Waals surface area contributed by atoms with Gasteiger partial charge in [0, 0.05) is 0 Å². The van der Waals surface area contributed by atoms with Crippen molar-refractivity contribution in [2.45, 2.75) is 63.9 Å². The fourth-order valence-electron chi connectivity index (χ4n) is 3.73. The highest BCUT2D eigenvalue weighted by Gasteiger charge is 2.37. The molecule has 0 N–H and O–H groups in total. The number of rotatable bonds is 5. The Kier molecular flexibility index (Phi) is 5.57. The first-order valence-electron chi connectivity index (χ1n) is 9.53. The highest BCUT2D eigenvalue weighted by molar-refractivity contribution is 5.89. The Labute approximate surface area is 151 Å². The summed E-state index contributed by atoms with van der Waals surface area (Å²) in [5.74, 6) is 0.306. The molecule has 25 heavy (non-hydrogen) atoms. The van der Waals surface area contributed by atoms with Crippen LogP contribution in [0.25, 0.3) is 0 Å². The molecule has 1 saturated carbocycles. The SMILES string of the molecule is CCC(C)c1ccc(C(=O)OC2(c3ccccc3)CCCCC2)cc1. The molecule has 0 bridgehead atoms. The first-order valence-corrected chi connectivity index (χ1v) is 9.53. The molecule has 2 nitrogen and oxygen atoms in total. The van der Waals surface area contributed by atoms with Crippen LogP contribution in [0, 0.1) is 0 Å². The molecule has 0 aliphatic heterocycles. The number of ether oxygens (including phenoxy) is 1. The van der Waals surface area contributed by atoms with Crippen molar-refractivity contribution >= 4 is 5.97 Å². The van der Waals surface area contributed by atoms with Gasteiger partial charge in [-0.25, -0.2) is 4.79 Å². The van der Waals surface area contributed by atoms with Crippen molar-refractivity contribution in [3.63, 3.8) is 0 Å². The molecule has 2 heteroatoms. The van der Waals surface area contributed by atoms with Crippen LogP contribution in [0.1, 0.15) is 79.8 Å². The van der Waals surface area contributed by atoms with Gasteiger partial charge in [-0.1, -0.05) is 62.7 Å². The zero-order valence-corrected chi connectivity index (χ0v) is 15.3. The Balaban J connectivity index is 1.81. The van der Waals surface area contributed by atoms with Gasteiger partial charge >= 0.3 is 5.97 Å². The van der Waals surface area contributed by atoms with E-state index < -0.39 is 5.60 Å². The number of carbonyl (C=O) groups is 1. The summed E-state index contributed by atoms with van der Waals surface area (Å²) in [7, 11) is 0. The van der Waals surface area contributed by atoms with Crippen LogP contribution in [-0.4, -0.2) is 5.97 Å². The smallest absolute Gasteiger partial charge is 0.339 e. The van der Waals surface area contributed by atoms with Gasteiger partial charge in [0.1, 0.15) is 5.60 Å². The molecule has 2 aromatic rings. The molecule has 2 aromatic carbocycles. The second kappa shape index (κ2) is 7.86. The van der Waals surface area contributed by atoms with E-state index in [4.69, 9.17) is 4.74 Å². The molecule has 1 unspecified atom stereocenters. The van der Waals surface area contributed by atoms with Gasteiger partial charge in [0.15, 0.2) is 0 Å². The molecule has 1 aliphatic rings. The Morgan fingerprint density at radius 3 is 2.24 bits per heavy atom. The molecule has 0 amide bonds. The molecule has 1 fully saturated rings. The van der Waals surface area contributed by atoms with Gasteiger partial charge < -0.3 is 4.74 Å². The lowest BCUT2D eigenvalue weighted by Gasteiger charge is -2.37. The van der Waals surface area contributed by atoms with Crippen LogP contribution in [0.2, 0.25) is 0 Å². The molecule has 0 saturated heterocycles. The van der Waals surface area contributed by atoms with Gasteiger partial charge in [-0.2, -0.15) is 0 Å². The predicted octanol–water partition coefficient (Wildman–Crippen LogP) is 6.22. The fourth-order valence-corrected chi connectivity index (χ4v) is 3.73. The molecule has 1 aliphatic carbocycles. The molecule has 0 aromatic heterocycles. The second-order valence-corrected chi connectivity index (χ2v) is 7.24. The fraction of sp³-hybridized carbons (Fsp3) is 0.435. The maximum atomic E-state index is 12.8. The van der Waals surface area contributed by atoms with Crippen molar-refractivity contribution in [3.05, 3.63) is 71.3 Å². The standard InChI is InChI=1S/C23H28O2/c1-3-18(2)19-12-14-20(15-13-19)22(24)25-23(16-8-5-9-17-23)21-10-6-4-7-11-21/h4,6-7,10-15,18H,3,5,8-9,16-17H2,1-2H3. The maximum Gasteiger partial charge on any atom is 0.339 e. The van der Waals surface area contributed by atoms with Crippen LogP contribution in [0.5, 0.6) is 0 Å². The Morgan fingerprint density at radius 1 is 1.00 bits per heavy atom. The number of hydrogen-bond acceptors (Lipinski definition) is 2. The van der Waals surface area contributed by atoms with Gasteiger partial charge in [-0.3, -0.25) is 0 Å². The third-order valence-corrected chi connectivity index (χ3v) is 5.58. The first-order chi connectivity index (χ1) is 12.1. The normalized spacial score (nSPS) is 17.7. The van der Waals surface area contributed by atoms with E-state index >= 15 is 0 Å². The van der Waals surface area contributed by atoms with Crippen molar-refractivity contribution in [3.8, 4) is 0 Å². The van der Waals surface area contributed by atoms with E-state index in [-0.39, 0.29) is 5.97 Å². The highest BCUT2D eigenvalue weighted by Crippen LogP contribution is 2.41. The van der Waals surface area contributed by atoms with Crippen molar-refractivity contribution in [2.24, 2.45) is 0 Å². The van der Waals surface area contributed by atoms with E-state index in [0.717, 1.165) is 37.7 Å². The number of carbonyl (C=O) groups excluding carboxylic acids is 1. The first kappa shape index (κ1) is 17.7. The molecule has 0 spiro atoms. The number of esters is 1. The van der Waals surface area contributed by atoms with Crippen LogP contribution >= 0.6 is 0 Å². The second-order valence-electron chi connectivity index (χ2n) is 7.24. The molecule has 1 atom stereocenters. The van der Waals surface area contributed by atoms with Crippen molar-refractivity contribution in [1.82, 2.24) is 0 Å². The average molecular weight is 336 g/mol. The molecule has 3 rings (SSSR count). The summed E-state index contributed by atoms with van der Waals surface area (Å²) < 4.78 is 6.14. The van der Waals surface area contributed by atoms with E-state index in [9.17, 15) is 4.79 Å². The van der Waals surface area contributed by atoms with Crippen molar-refractivity contribution < 1.29 is 9.53 Å². The minimum Gasteiger partial charge on any atom is -0.451 e. The summed E-state index contributed by atoms with van der Waals surface area (Å²) in [6, 6.07) is 18.2. The van der Waals surface area contributed by atoms with Crippen LogP contribution in [-0.2, 0) is 10.3 Å². The maximum absolute atomic E-state index is 12.8. The molecular weight excluding hydrogens is 308 g/mol. The van der Waals surface area contributed by atoms with Crippen LogP contribution in [0.15, 0.2) is 54.6 Å².